The Morgan fingerprint density at radius 3 is 2.80 bits per heavy atom. The van der Waals surface area contributed by atoms with Crippen LogP contribution in [0.25, 0.3) is 0 Å². The second-order valence-corrected chi connectivity index (χ2v) is 6.38. The first-order chi connectivity index (χ1) is 9.63. The summed E-state index contributed by atoms with van der Waals surface area (Å²) in [7, 11) is 0. The molecule has 2 nitrogen and oxygen atoms in total. The molecule has 3 heteroatoms. The van der Waals surface area contributed by atoms with Crippen molar-refractivity contribution >= 4 is 28.5 Å². The van der Waals surface area contributed by atoms with E-state index in [1.165, 1.54) is 0 Å². The van der Waals surface area contributed by atoms with Crippen LogP contribution in [0.15, 0.2) is 49.6 Å². The van der Waals surface area contributed by atoms with Crippen LogP contribution in [-0.4, -0.2) is 22.9 Å². The lowest BCUT2D eigenvalue weighted by atomic mass is 9.91. The minimum absolute atomic E-state index is 0.188. The number of amides is 1. The third-order valence-corrected chi connectivity index (χ3v) is 5.06. The van der Waals surface area contributed by atoms with Crippen molar-refractivity contribution < 1.29 is 4.79 Å². The van der Waals surface area contributed by atoms with Gasteiger partial charge >= 0.3 is 0 Å². The molecule has 1 aliphatic rings. The van der Waals surface area contributed by atoms with E-state index in [1.807, 2.05) is 41.3 Å². The second-order valence-electron chi connectivity index (χ2n) is 5.22. The lowest BCUT2D eigenvalue weighted by molar-refractivity contribution is -0.133. The average Bonchev–Trinajstić information content (AvgIpc) is 2.86. The number of nitrogens with zero attached hydrogens (tertiary/aromatic N) is 1. The van der Waals surface area contributed by atoms with Crippen molar-refractivity contribution in [2.75, 3.05) is 6.54 Å². The molecule has 2 rings (SSSR count). The zero-order valence-corrected chi connectivity index (χ0v) is 13.8. The first-order valence-corrected chi connectivity index (χ1v) is 7.99. The molecule has 0 bridgehead atoms. The van der Waals surface area contributed by atoms with E-state index < -0.39 is 0 Å². The monoisotopic (exact) mass is 381 g/mol. The number of likely N-dealkylation sites (tertiary alicyclic amines) is 1. The van der Waals surface area contributed by atoms with Gasteiger partial charge in [0.1, 0.15) is 0 Å². The Balaban J connectivity index is 2.18. The van der Waals surface area contributed by atoms with Gasteiger partial charge in [-0.05, 0) is 53.5 Å². The van der Waals surface area contributed by atoms with Crippen LogP contribution in [0.1, 0.15) is 24.8 Å². The van der Waals surface area contributed by atoms with Gasteiger partial charge in [0.2, 0.25) is 5.91 Å². The van der Waals surface area contributed by atoms with Gasteiger partial charge in [-0.1, -0.05) is 30.4 Å². The molecule has 1 atom stereocenters. The van der Waals surface area contributed by atoms with Crippen LogP contribution in [0.3, 0.4) is 0 Å². The maximum atomic E-state index is 12.7. The van der Waals surface area contributed by atoms with Crippen molar-refractivity contribution in [3.8, 4) is 0 Å². The first-order valence-electron chi connectivity index (χ1n) is 6.91. The summed E-state index contributed by atoms with van der Waals surface area (Å²) in [6.07, 6.45) is 7.09. The highest BCUT2D eigenvalue weighted by Gasteiger charge is 2.39. The molecule has 106 valence electrons. The van der Waals surface area contributed by atoms with Crippen molar-refractivity contribution in [3.05, 3.63) is 58.7 Å². The highest BCUT2D eigenvalue weighted by Crippen LogP contribution is 2.34. The van der Waals surface area contributed by atoms with E-state index >= 15 is 0 Å². The van der Waals surface area contributed by atoms with E-state index in [0.717, 1.165) is 34.9 Å². The van der Waals surface area contributed by atoms with Crippen LogP contribution in [0, 0.1) is 3.57 Å². The van der Waals surface area contributed by atoms with Crippen molar-refractivity contribution in [2.24, 2.45) is 0 Å². The van der Waals surface area contributed by atoms with Gasteiger partial charge in [0.15, 0.2) is 0 Å². The van der Waals surface area contributed by atoms with Crippen LogP contribution >= 0.6 is 22.6 Å². The van der Waals surface area contributed by atoms with Crippen LogP contribution in [0.4, 0.5) is 0 Å². The summed E-state index contributed by atoms with van der Waals surface area (Å²) in [4.78, 5) is 14.6. The van der Waals surface area contributed by atoms with E-state index in [9.17, 15) is 4.79 Å². The van der Waals surface area contributed by atoms with Crippen molar-refractivity contribution in [3.63, 3.8) is 0 Å². The summed E-state index contributed by atoms with van der Waals surface area (Å²) in [5, 5.41) is 0. The average molecular weight is 381 g/mol. The summed E-state index contributed by atoms with van der Waals surface area (Å²) >= 11 is 2.28. The highest BCUT2D eigenvalue weighted by molar-refractivity contribution is 14.1. The van der Waals surface area contributed by atoms with Gasteiger partial charge in [0, 0.05) is 10.1 Å². The van der Waals surface area contributed by atoms with Gasteiger partial charge < -0.3 is 4.90 Å². The second kappa shape index (κ2) is 6.57. The number of carbonyl (C=O) groups is 1. The summed E-state index contributed by atoms with van der Waals surface area (Å²) in [6.45, 7) is 8.59. The summed E-state index contributed by atoms with van der Waals surface area (Å²) in [6, 6.07) is 8.05. The molecule has 0 spiro atoms. The Morgan fingerprint density at radius 1 is 1.40 bits per heavy atom. The number of halogens is 1. The third-order valence-electron chi connectivity index (χ3n) is 4.01. The van der Waals surface area contributed by atoms with Gasteiger partial charge in [0.05, 0.1) is 12.0 Å². The molecule has 0 aliphatic carbocycles. The fraction of sp³-hybridized carbons (Fsp3) is 0.353. The number of hydrogen-bond acceptors (Lipinski definition) is 1. The molecule has 0 aromatic heterocycles. The molecular weight excluding hydrogens is 361 g/mol. The molecule has 20 heavy (non-hydrogen) atoms. The SMILES string of the molecule is C=CCC1(C=C)CCCN1C(=O)Cc1ccccc1I. The Kier molecular flexibility index (Phi) is 5.02. The Bertz CT molecular complexity index is 525. The van der Waals surface area contributed by atoms with Crippen molar-refractivity contribution in [2.45, 2.75) is 31.2 Å². The maximum Gasteiger partial charge on any atom is 0.227 e. The minimum atomic E-state index is -0.223. The van der Waals surface area contributed by atoms with Crippen LogP contribution in [-0.2, 0) is 11.2 Å². The van der Waals surface area contributed by atoms with Crippen molar-refractivity contribution in [1.82, 2.24) is 4.90 Å². The highest BCUT2D eigenvalue weighted by atomic mass is 127. The number of benzene rings is 1. The standard InChI is InChI=1S/C17H20INO/c1-3-10-17(4-2)11-7-12-19(17)16(20)13-14-8-5-6-9-15(14)18/h3-6,8-9H,1-2,7,10-13H2. The van der Waals surface area contributed by atoms with Gasteiger partial charge in [-0.25, -0.2) is 0 Å². The zero-order valence-electron chi connectivity index (χ0n) is 11.6. The van der Waals surface area contributed by atoms with Gasteiger partial charge in [0.25, 0.3) is 0 Å². The normalized spacial score (nSPS) is 21.8. The van der Waals surface area contributed by atoms with Crippen molar-refractivity contribution in [1.29, 1.82) is 0 Å². The molecule has 1 aromatic rings. The summed E-state index contributed by atoms with van der Waals surface area (Å²) in [5.74, 6) is 0.188. The molecular formula is C17H20INO. The molecule has 0 radical (unpaired) electrons. The van der Waals surface area contributed by atoms with Crippen LogP contribution in [0.2, 0.25) is 0 Å². The summed E-state index contributed by atoms with van der Waals surface area (Å²) in [5.41, 5.74) is 0.876. The van der Waals surface area contributed by atoms with Crippen LogP contribution < -0.4 is 0 Å². The van der Waals surface area contributed by atoms with E-state index in [1.54, 1.807) is 0 Å². The van der Waals surface area contributed by atoms with E-state index in [2.05, 4.69) is 35.7 Å². The number of hydrogen-bond donors (Lipinski definition) is 0. The Labute approximate surface area is 134 Å². The van der Waals surface area contributed by atoms with Gasteiger partial charge in [-0.2, -0.15) is 0 Å². The first kappa shape index (κ1) is 15.3. The fourth-order valence-electron chi connectivity index (χ4n) is 2.93. The molecule has 1 unspecified atom stereocenters. The number of carbonyl (C=O) groups excluding carboxylic acids is 1. The lowest BCUT2D eigenvalue weighted by Gasteiger charge is -2.35. The predicted octanol–water partition coefficient (Wildman–Crippen LogP) is 3.96. The molecule has 1 aliphatic heterocycles. The summed E-state index contributed by atoms with van der Waals surface area (Å²) < 4.78 is 1.14. The predicted molar refractivity (Wildman–Crippen MR) is 91.6 cm³/mol. The molecule has 0 N–H and O–H groups in total. The lowest BCUT2D eigenvalue weighted by Crippen LogP contribution is -2.46. The smallest absolute Gasteiger partial charge is 0.227 e. The molecule has 1 saturated heterocycles. The molecule has 1 amide bonds. The topological polar surface area (TPSA) is 20.3 Å². The van der Waals surface area contributed by atoms with Crippen LogP contribution in [0.5, 0.6) is 0 Å². The largest absolute Gasteiger partial charge is 0.333 e. The Hall–Kier alpha value is -1.10. The fourth-order valence-corrected chi connectivity index (χ4v) is 3.51. The van der Waals surface area contributed by atoms with Gasteiger partial charge in [-0.3, -0.25) is 4.79 Å². The van der Waals surface area contributed by atoms with E-state index in [-0.39, 0.29) is 11.4 Å². The van der Waals surface area contributed by atoms with E-state index in [0.29, 0.717) is 6.42 Å². The molecule has 0 saturated carbocycles. The molecule has 1 aromatic carbocycles. The quantitative estimate of drug-likeness (QED) is 0.559. The molecule has 1 fully saturated rings. The maximum absolute atomic E-state index is 12.7. The zero-order chi connectivity index (χ0) is 14.6. The Morgan fingerprint density at radius 2 is 2.15 bits per heavy atom. The third kappa shape index (κ3) is 2.97. The molecule has 1 heterocycles. The number of rotatable bonds is 5. The minimum Gasteiger partial charge on any atom is -0.333 e. The van der Waals surface area contributed by atoms with Gasteiger partial charge in [-0.15, -0.1) is 13.2 Å². The van der Waals surface area contributed by atoms with E-state index in [4.69, 9.17) is 0 Å².